The third kappa shape index (κ3) is 4.11. The monoisotopic (exact) mass is 293 g/mol. The topological polar surface area (TPSA) is 39.7 Å². The molecule has 0 aliphatic carbocycles. The van der Waals surface area contributed by atoms with Crippen molar-refractivity contribution in [1.82, 2.24) is 5.32 Å². The molecule has 1 fully saturated rings. The summed E-state index contributed by atoms with van der Waals surface area (Å²) in [5.74, 6) is 1.62. The van der Waals surface area contributed by atoms with Crippen molar-refractivity contribution in [2.45, 2.75) is 44.8 Å². The molecule has 0 bridgehead atoms. The van der Waals surface area contributed by atoms with E-state index < -0.39 is 0 Å². The van der Waals surface area contributed by atoms with E-state index in [9.17, 15) is 0 Å². The van der Waals surface area contributed by atoms with E-state index in [4.69, 9.17) is 14.2 Å². The van der Waals surface area contributed by atoms with E-state index in [1.807, 2.05) is 12.1 Å². The lowest BCUT2D eigenvalue weighted by atomic mass is 9.98. The number of nitrogens with one attached hydrogen (secondary N) is 1. The average Bonchev–Trinajstić information content (AvgIpc) is 3.04. The molecule has 2 atom stereocenters. The highest BCUT2D eigenvalue weighted by molar-refractivity contribution is 5.48. The van der Waals surface area contributed by atoms with Crippen molar-refractivity contribution >= 4 is 0 Å². The lowest BCUT2D eigenvalue weighted by Gasteiger charge is -2.23. The number of rotatable bonds is 8. The Kier molecular flexibility index (Phi) is 6.33. The number of para-hydroxylation sites is 1. The number of hydrogen-bond donors (Lipinski definition) is 1. The van der Waals surface area contributed by atoms with Crippen molar-refractivity contribution in [1.29, 1.82) is 0 Å². The van der Waals surface area contributed by atoms with Gasteiger partial charge in [-0.05, 0) is 38.3 Å². The number of ether oxygens (including phenoxy) is 3. The molecule has 1 aliphatic heterocycles. The molecule has 1 aromatic carbocycles. The Labute approximate surface area is 127 Å². The molecule has 1 saturated heterocycles. The summed E-state index contributed by atoms with van der Waals surface area (Å²) in [5.41, 5.74) is 1.16. The van der Waals surface area contributed by atoms with Crippen molar-refractivity contribution in [3.63, 3.8) is 0 Å². The summed E-state index contributed by atoms with van der Waals surface area (Å²) in [6.45, 7) is 3.97. The second kappa shape index (κ2) is 8.25. The minimum atomic E-state index is 0.268. The van der Waals surface area contributed by atoms with Crippen LogP contribution >= 0.6 is 0 Å². The maximum Gasteiger partial charge on any atom is 0.165 e. The summed E-state index contributed by atoms with van der Waals surface area (Å²) in [7, 11) is 3.38. The SMILES string of the molecule is CCNC(CCC1CCCO1)c1cccc(OC)c1OC. The van der Waals surface area contributed by atoms with E-state index in [1.165, 1.54) is 12.8 Å². The van der Waals surface area contributed by atoms with Crippen LogP contribution in [0.3, 0.4) is 0 Å². The van der Waals surface area contributed by atoms with Gasteiger partial charge in [0.15, 0.2) is 11.5 Å². The van der Waals surface area contributed by atoms with Gasteiger partial charge in [0.2, 0.25) is 0 Å². The van der Waals surface area contributed by atoms with Gasteiger partial charge in [-0.2, -0.15) is 0 Å². The first-order chi connectivity index (χ1) is 10.3. The van der Waals surface area contributed by atoms with Crippen LogP contribution in [0.1, 0.15) is 44.2 Å². The maximum absolute atomic E-state index is 5.74. The molecule has 0 aromatic heterocycles. The average molecular weight is 293 g/mol. The van der Waals surface area contributed by atoms with E-state index in [-0.39, 0.29) is 6.04 Å². The van der Waals surface area contributed by atoms with Crippen LogP contribution in [-0.4, -0.2) is 33.5 Å². The molecule has 0 spiro atoms. The Balaban J connectivity index is 2.12. The van der Waals surface area contributed by atoms with E-state index in [0.29, 0.717) is 6.10 Å². The second-order valence-electron chi connectivity index (χ2n) is 5.41. The van der Waals surface area contributed by atoms with E-state index >= 15 is 0 Å². The smallest absolute Gasteiger partial charge is 0.165 e. The van der Waals surface area contributed by atoms with Crippen molar-refractivity contribution in [3.8, 4) is 11.5 Å². The van der Waals surface area contributed by atoms with Crippen LogP contribution in [0.5, 0.6) is 11.5 Å². The molecule has 1 N–H and O–H groups in total. The van der Waals surface area contributed by atoms with Gasteiger partial charge in [0.05, 0.1) is 20.3 Å². The molecular formula is C17H27NO3. The number of methoxy groups -OCH3 is 2. The molecule has 4 nitrogen and oxygen atoms in total. The zero-order valence-corrected chi connectivity index (χ0v) is 13.4. The standard InChI is InChI=1S/C17H27NO3/c1-4-18-15(11-10-13-7-6-12-21-13)14-8-5-9-16(19-2)17(14)20-3/h5,8-9,13,15,18H,4,6-7,10-12H2,1-3H3. The Morgan fingerprint density at radius 1 is 1.33 bits per heavy atom. The fourth-order valence-electron chi connectivity index (χ4n) is 3.02. The van der Waals surface area contributed by atoms with Gasteiger partial charge in [-0.3, -0.25) is 0 Å². The molecule has 2 rings (SSSR count). The normalized spacial score (nSPS) is 19.5. The van der Waals surface area contributed by atoms with Gasteiger partial charge >= 0.3 is 0 Å². The quantitative estimate of drug-likeness (QED) is 0.798. The van der Waals surface area contributed by atoms with Gasteiger partial charge in [0, 0.05) is 18.2 Å². The zero-order valence-electron chi connectivity index (χ0n) is 13.4. The highest BCUT2D eigenvalue weighted by Gasteiger charge is 2.21. The van der Waals surface area contributed by atoms with Crippen LogP contribution in [0, 0.1) is 0 Å². The summed E-state index contributed by atoms with van der Waals surface area (Å²) in [6.07, 6.45) is 4.93. The lowest BCUT2D eigenvalue weighted by molar-refractivity contribution is 0.0995. The van der Waals surface area contributed by atoms with Crippen LogP contribution < -0.4 is 14.8 Å². The van der Waals surface area contributed by atoms with Gasteiger partial charge in [0.25, 0.3) is 0 Å². The first-order valence-electron chi connectivity index (χ1n) is 7.86. The molecule has 0 amide bonds. The number of benzene rings is 1. The van der Waals surface area contributed by atoms with Gasteiger partial charge < -0.3 is 19.5 Å². The maximum atomic E-state index is 5.74. The second-order valence-corrected chi connectivity index (χ2v) is 5.41. The molecule has 2 unspecified atom stereocenters. The first kappa shape index (κ1) is 16.1. The summed E-state index contributed by atoms with van der Waals surface area (Å²) < 4.78 is 16.7. The third-order valence-electron chi connectivity index (χ3n) is 4.06. The van der Waals surface area contributed by atoms with Gasteiger partial charge in [-0.15, -0.1) is 0 Å². The Hall–Kier alpha value is -1.26. The highest BCUT2D eigenvalue weighted by atomic mass is 16.5. The van der Waals surface area contributed by atoms with Crippen LogP contribution in [0.2, 0.25) is 0 Å². The van der Waals surface area contributed by atoms with Crippen LogP contribution in [-0.2, 0) is 4.74 Å². The molecule has 1 heterocycles. The summed E-state index contributed by atoms with van der Waals surface area (Å²) in [5, 5.41) is 3.56. The minimum absolute atomic E-state index is 0.268. The Bertz CT molecular complexity index is 430. The minimum Gasteiger partial charge on any atom is -0.493 e. The van der Waals surface area contributed by atoms with Gasteiger partial charge in [-0.25, -0.2) is 0 Å². The number of hydrogen-bond acceptors (Lipinski definition) is 4. The molecule has 0 saturated carbocycles. The first-order valence-corrected chi connectivity index (χ1v) is 7.86. The van der Waals surface area contributed by atoms with Crippen molar-refractivity contribution in [2.24, 2.45) is 0 Å². The van der Waals surface area contributed by atoms with Gasteiger partial charge in [0.1, 0.15) is 0 Å². The summed E-state index contributed by atoms with van der Waals surface area (Å²) in [6, 6.07) is 6.34. The fraction of sp³-hybridized carbons (Fsp3) is 0.647. The summed E-state index contributed by atoms with van der Waals surface area (Å²) >= 11 is 0. The highest BCUT2D eigenvalue weighted by Crippen LogP contribution is 2.36. The molecule has 1 aliphatic rings. The van der Waals surface area contributed by atoms with Crippen molar-refractivity contribution < 1.29 is 14.2 Å². The predicted octanol–water partition coefficient (Wildman–Crippen LogP) is 3.31. The molecular weight excluding hydrogens is 266 g/mol. The molecule has 118 valence electrons. The van der Waals surface area contributed by atoms with Crippen LogP contribution in [0.25, 0.3) is 0 Å². The molecule has 0 radical (unpaired) electrons. The van der Waals surface area contributed by atoms with E-state index in [2.05, 4.69) is 18.3 Å². The van der Waals surface area contributed by atoms with Crippen molar-refractivity contribution in [2.75, 3.05) is 27.4 Å². The summed E-state index contributed by atoms with van der Waals surface area (Å²) in [4.78, 5) is 0. The fourth-order valence-corrected chi connectivity index (χ4v) is 3.02. The Morgan fingerprint density at radius 2 is 2.19 bits per heavy atom. The largest absolute Gasteiger partial charge is 0.493 e. The lowest BCUT2D eigenvalue weighted by Crippen LogP contribution is -2.23. The van der Waals surface area contributed by atoms with Gasteiger partial charge in [-0.1, -0.05) is 19.1 Å². The molecule has 21 heavy (non-hydrogen) atoms. The van der Waals surface area contributed by atoms with E-state index in [0.717, 1.165) is 43.1 Å². The third-order valence-corrected chi connectivity index (χ3v) is 4.06. The van der Waals surface area contributed by atoms with Crippen molar-refractivity contribution in [3.05, 3.63) is 23.8 Å². The Morgan fingerprint density at radius 3 is 2.81 bits per heavy atom. The van der Waals surface area contributed by atoms with E-state index in [1.54, 1.807) is 14.2 Å². The molecule has 1 aromatic rings. The van der Waals surface area contributed by atoms with Crippen LogP contribution in [0.15, 0.2) is 18.2 Å². The molecule has 4 heteroatoms. The van der Waals surface area contributed by atoms with Crippen LogP contribution in [0.4, 0.5) is 0 Å². The predicted molar refractivity (Wildman–Crippen MR) is 84.2 cm³/mol. The zero-order chi connectivity index (χ0) is 15.1.